The molecule has 2 atom stereocenters. The molecular weight excluding hydrogens is 257 g/mol. The molecule has 18 heavy (non-hydrogen) atoms. The van der Waals surface area contributed by atoms with Crippen molar-refractivity contribution < 1.29 is 17.9 Å². The van der Waals surface area contributed by atoms with Crippen LogP contribution in [-0.4, -0.2) is 26.2 Å². The van der Waals surface area contributed by atoms with Crippen LogP contribution in [-0.2, 0) is 10.0 Å². The van der Waals surface area contributed by atoms with Gasteiger partial charge in [-0.05, 0) is 18.1 Å². The first-order chi connectivity index (χ1) is 8.38. The molecular formula is C12H18FNO3S. The fourth-order valence-corrected chi connectivity index (χ4v) is 2.54. The van der Waals surface area contributed by atoms with E-state index < -0.39 is 26.8 Å². The number of aliphatic hydroxyl groups excluding tert-OH is 1. The predicted molar refractivity (Wildman–Crippen MR) is 67.1 cm³/mol. The van der Waals surface area contributed by atoms with Gasteiger partial charge in [-0.1, -0.05) is 32.4 Å². The van der Waals surface area contributed by atoms with E-state index in [0.29, 0.717) is 0 Å². The van der Waals surface area contributed by atoms with E-state index in [2.05, 4.69) is 4.72 Å². The molecule has 2 unspecified atom stereocenters. The van der Waals surface area contributed by atoms with E-state index in [0.717, 1.165) is 12.5 Å². The summed E-state index contributed by atoms with van der Waals surface area (Å²) in [6.07, 6.45) is -0.0423. The van der Waals surface area contributed by atoms with Gasteiger partial charge < -0.3 is 5.11 Å². The van der Waals surface area contributed by atoms with E-state index in [1.54, 1.807) is 0 Å². The molecule has 1 aromatic carbocycles. The fraction of sp³-hybridized carbons (Fsp3) is 0.500. The molecule has 0 aliphatic heterocycles. The molecule has 0 fully saturated rings. The van der Waals surface area contributed by atoms with E-state index in [4.69, 9.17) is 0 Å². The van der Waals surface area contributed by atoms with Crippen LogP contribution in [0.5, 0.6) is 0 Å². The van der Waals surface area contributed by atoms with Crippen molar-refractivity contribution in [2.75, 3.05) is 6.54 Å². The Kier molecular flexibility index (Phi) is 5.25. The summed E-state index contributed by atoms with van der Waals surface area (Å²) >= 11 is 0. The van der Waals surface area contributed by atoms with Crippen molar-refractivity contribution in [3.05, 3.63) is 30.1 Å². The molecule has 0 aliphatic rings. The number of hydrogen-bond donors (Lipinski definition) is 2. The first kappa shape index (κ1) is 15.1. The number of nitrogens with one attached hydrogen (secondary N) is 1. The number of sulfonamides is 1. The lowest BCUT2D eigenvalue weighted by molar-refractivity contribution is 0.118. The lowest BCUT2D eigenvalue weighted by Gasteiger charge is -2.17. The van der Waals surface area contributed by atoms with Crippen molar-refractivity contribution >= 4 is 10.0 Å². The Morgan fingerprint density at radius 3 is 2.56 bits per heavy atom. The van der Waals surface area contributed by atoms with Crippen molar-refractivity contribution in [3.8, 4) is 0 Å². The fourth-order valence-electron chi connectivity index (χ4n) is 1.41. The second-order valence-corrected chi connectivity index (χ2v) is 5.97. The summed E-state index contributed by atoms with van der Waals surface area (Å²) in [5, 5.41) is 9.68. The zero-order valence-electron chi connectivity index (χ0n) is 10.4. The van der Waals surface area contributed by atoms with Gasteiger partial charge in [0.1, 0.15) is 10.7 Å². The standard InChI is InChI=1S/C12H18FNO3S/c1-3-9(2)11(15)8-14-18(16,17)12-7-5-4-6-10(12)13/h4-7,9,11,14-15H,3,8H2,1-2H3. The van der Waals surface area contributed by atoms with Crippen LogP contribution in [0.25, 0.3) is 0 Å². The number of rotatable bonds is 6. The first-order valence-electron chi connectivity index (χ1n) is 5.80. The Labute approximate surface area is 107 Å². The summed E-state index contributed by atoms with van der Waals surface area (Å²) in [5.74, 6) is -0.823. The quantitative estimate of drug-likeness (QED) is 0.827. The maximum Gasteiger partial charge on any atom is 0.243 e. The summed E-state index contributed by atoms with van der Waals surface area (Å²) < 4.78 is 39.2. The normalized spacial score (nSPS) is 15.3. The average Bonchev–Trinajstić information content (AvgIpc) is 2.35. The van der Waals surface area contributed by atoms with Crippen LogP contribution in [0.3, 0.4) is 0 Å². The molecule has 6 heteroatoms. The number of hydrogen-bond acceptors (Lipinski definition) is 3. The van der Waals surface area contributed by atoms with Crippen LogP contribution in [0.4, 0.5) is 4.39 Å². The smallest absolute Gasteiger partial charge is 0.243 e. The molecule has 0 bridgehead atoms. The van der Waals surface area contributed by atoms with E-state index in [1.165, 1.54) is 18.2 Å². The van der Waals surface area contributed by atoms with Gasteiger partial charge in [0.15, 0.2) is 0 Å². The van der Waals surface area contributed by atoms with Crippen molar-refractivity contribution in [1.82, 2.24) is 4.72 Å². The van der Waals surface area contributed by atoms with Gasteiger partial charge in [-0.15, -0.1) is 0 Å². The molecule has 0 spiro atoms. The van der Waals surface area contributed by atoms with E-state index in [9.17, 15) is 17.9 Å². The molecule has 2 N–H and O–H groups in total. The lowest BCUT2D eigenvalue weighted by Crippen LogP contribution is -2.35. The van der Waals surface area contributed by atoms with Gasteiger partial charge in [-0.3, -0.25) is 0 Å². The monoisotopic (exact) mass is 275 g/mol. The van der Waals surface area contributed by atoms with Crippen LogP contribution in [0.15, 0.2) is 29.2 Å². The molecule has 4 nitrogen and oxygen atoms in total. The highest BCUT2D eigenvalue weighted by Gasteiger charge is 2.21. The molecule has 0 amide bonds. The highest BCUT2D eigenvalue weighted by atomic mass is 32.2. The highest BCUT2D eigenvalue weighted by molar-refractivity contribution is 7.89. The van der Waals surface area contributed by atoms with E-state index in [-0.39, 0.29) is 12.5 Å². The van der Waals surface area contributed by atoms with Crippen LogP contribution in [0.2, 0.25) is 0 Å². The molecule has 1 aromatic rings. The minimum atomic E-state index is -3.91. The van der Waals surface area contributed by atoms with Gasteiger partial charge in [0.05, 0.1) is 6.10 Å². The van der Waals surface area contributed by atoms with Crippen molar-refractivity contribution in [1.29, 1.82) is 0 Å². The van der Waals surface area contributed by atoms with Crippen molar-refractivity contribution in [2.24, 2.45) is 5.92 Å². The van der Waals surface area contributed by atoms with Gasteiger partial charge in [-0.2, -0.15) is 0 Å². The second kappa shape index (κ2) is 6.26. The molecule has 0 aromatic heterocycles. The summed E-state index contributed by atoms with van der Waals surface area (Å²) in [4.78, 5) is -0.402. The Morgan fingerprint density at radius 1 is 1.39 bits per heavy atom. The third kappa shape index (κ3) is 3.76. The summed E-state index contributed by atoms with van der Waals surface area (Å²) in [5.41, 5.74) is 0. The molecule has 0 saturated carbocycles. The third-order valence-corrected chi connectivity index (χ3v) is 4.37. The summed E-state index contributed by atoms with van der Waals surface area (Å²) in [7, 11) is -3.91. The average molecular weight is 275 g/mol. The number of benzene rings is 1. The van der Waals surface area contributed by atoms with Crippen molar-refractivity contribution in [2.45, 2.75) is 31.3 Å². The van der Waals surface area contributed by atoms with Crippen LogP contribution in [0.1, 0.15) is 20.3 Å². The third-order valence-electron chi connectivity index (χ3n) is 2.91. The Morgan fingerprint density at radius 2 is 2.00 bits per heavy atom. The van der Waals surface area contributed by atoms with Gasteiger partial charge in [0.25, 0.3) is 0 Å². The molecule has 0 saturated heterocycles. The molecule has 1 rings (SSSR count). The second-order valence-electron chi connectivity index (χ2n) is 4.24. The van der Waals surface area contributed by atoms with Gasteiger partial charge in [-0.25, -0.2) is 17.5 Å². The Hall–Kier alpha value is -0.980. The van der Waals surface area contributed by atoms with Crippen LogP contribution < -0.4 is 4.72 Å². The summed E-state index contributed by atoms with van der Waals surface area (Å²) in [6.45, 7) is 3.60. The largest absolute Gasteiger partial charge is 0.391 e. The lowest BCUT2D eigenvalue weighted by atomic mass is 10.0. The Balaban J connectivity index is 2.75. The number of aliphatic hydroxyl groups is 1. The van der Waals surface area contributed by atoms with Crippen molar-refractivity contribution in [3.63, 3.8) is 0 Å². The van der Waals surface area contributed by atoms with Crippen LogP contribution >= 0.6 is 0 Å². The molecule has 102 valence electrons. The predicted octanol–water partition coefficient (Wildman–Crippen LogP) is 1.51. The minimum absolute atomic E-state index is 0.0201. The zero-order chi connectivity index (χ0) is 13.8. The Bertz CT molecular complexity index is 490. The SMILES string of the molecule is CCC(C)C(O)CNS(=O)(=O)c1ccccc1F. The first-order valence-corrected chi connectivity index (χ1v) is 7.29. The molecule has 0 aliphatic carbocycles. The van der Waals surface area contributed by atoms with Gasteiger partial charge in [0.2, 0.25) is 10.0 Å². The molecule has 0 heterocycles. The minimum Gasteiger partial charge on any atom is -0.391 e. The maximum atomic E-state index is 13.4. The van der Waals surface area contributed by atoms with Gasteiger partial charge >= 0.3 is 0 Å². The number of halogens is 1. The van der Waals surface area contributed by atoms with E-state index in [1.807, 2.05) is 13.8 Å². The maximum absolute atomic E-state index is 13.4. The zero-order valence-corrected chi connectivity index (χ0v) is 11.2. The highest BCUT2D eigenvalue weighted by Crippen LogP contribution is 2.14. The van der Waals surface area contributed by atoms with Crippen LogP contribution in [0, 0.1) is 11.7 Å². The van der Waals surface area contributed by atoms with E-state index >= 15 is 0 Å². The van der Waals surface area contributed by atoms with Gasteiger partial charge in [0, 0.05) is 6.54 Å². The molecule has 0 radical (unpaired) electrons. The summed E-state index contributed by atoms with van der Waals surface area (Å²) in [6, 6.07) is 5.14. The topological polar surface area (TPSA) is 66.4 Å².